The molecule has 176 valence electrons. The zero-order valence-corrected chi connectivity index (χ0v) is 18.1. The minimum atomic E-state index is -4.66. The fourth-order valence-corrected chi connectivity index (χ4v) is 4.25. The SMILES string of the molecule is COc1cccc(C(=O)NC2c3ccccc3CCN2C(=O)O)c1-c1ccccc1C(F)(F)F. The first-order chi connectivity index (χ1) is 16.2. The molecule has 1 aliphatic rings. The van der Waals surface area contributed by atoms with Crippen LogP contribution in [-0.2, 0) is 12.6 Å². The van der Waals surface area contributed by atoms with Crippen molar-refractivity contribution >= 4 is 12.0 Å². The van der Waals surface area contributed by atoms with Gasteiger partial charge in [-0.3, -0.25) is 9.69 Å². The maximum absolute atomic E-state index is 13.8. The van der Waals surface area contributed by atoms with Gasteiger partial charge in [-0.15, -0.1) is 0 Å². The third-order valence-corrected chi connectivity index (χ3v) is 5.79. The lowest BCUT2D eigenvalue weighted by Crippen LogP contribution is -2.47. The topological polar surface area (TPSA) is 78.9 Å². The molecule has 1 atom stereocenters. The van der Waals surface area contributed by atoms with Gasteiger partial charge in [-0.2, -0.15) is 13.2 Å². The van der Waals surface area contributed by atoms with Crippen LogP contribution in [0.3, 0.4) is 0 Å². The minimum absolute atomic E-state index is 0.0265. The summed E-state index contributed by atoms with van der Waals surface area (Å²) in [6.07, 6.45) is -6.38. The van der Waals surface area contributed by atoms with Gasteiger partial charge in [-0.05, 0) is 41.3 Å². The summed E-state index contributed by atoms with van der Waals surface area (Å²) < 4.78 is 46.6. The largest absolute Gasteiger partial charge is 0.496 e. The van der Waals surface area contributed by atoms with Crippen molar-refractivity contribution in [3.05, 3.63) is 89.0 Å². The summed E-state index contributed by atoms with van der Waals surface area (Å²) in [5, 5.41) is 12.4. The molecule has 0 saturated carbocycles. The molecule has 0 radical (unpaired) electrons. The van der Waals surface area contributed by atoms with Gasteiger partial charge < -0.3 is 15.2 Å². The van der Waals surface area contributed by atoms with Gasteiger partial charge in [0.15, 0.2) is 0 Å². The second-order valence-corrected chi connectivity index (χ2v) is 7.73. The Hall–Kier alpha value is -4.01. The first kappa shape index (κ1) is 23.2. The Bertz CT molecular complexity index is 1240. The number of carbonyl (C=O) groups excluding carboxylic acids is 1. The highest BCUT2D eigenvalue weighted by Crippen LogP contribution is 2.42. The third kappa shape index (κ3) is 4.28. The summed E-state index contributed by atoms with van der Waals surface area (Å²) in [6, 6.07) is 16.4. The van der Waals surface area contributed by atoms with Gasteiger partial charge in [0.1, 0.15) is 11.9 Å². The molecule has 34 heavy (non-hydrogen) atoms. The average Bonchev–Trinajstić information content (AvgIpc) is 2.83. The zero-order chi connectivity index (χ0) is 24.5. The van der Waals surface area contributed by atoms with Crippen LogP contribution in [0.5, 0.6) is 5.75 Å². The highest BCUT2D eigenvalue weighted by atomic mass is 19.4. The Labute approximate surface area is 193 Å². The van der Waals surface area contributed by atoms with Crippen LogP contribution in [0.4, 0.5) is 18.0 Å². The van der Waals surface area contributed by atoms with Crippen LogP contribution in [0.2, 0.25) is 0 Å². The molecule has 1 heterocycles. The Kier molecular flexibility index (Phi) is 6.19. The fourth-order valence-electron chi connectivity index (χ4n) is 4.25. The number of ether oxygens (including phenoxy) is 1. The van der Waals surface area contributed by atoms with E-state index in [1.54, 1.807) is 12.1 Å². The van der Waals surface area contributed by atoms with Crippen molar-refractivity contribution in [2.45, 2.75) is 18.8 Å². The number of carboxylic acid groups (broad SMARTS) is 1. The molecular weight excluding hydrogens is 449 g/mol. The lowest BCUT2D eigenvalue weighted by atomic mass is 9.93. The average molecular weight is 470 g/mol. The number of carbonyl (C=O) groups is 2. The Morgan fingerprint density at radius 2 is 1.74 bits per heavy atom. The van der Waals surface area contributed by atoms with Gasteiger partial charge in [0, 0.05) is 12.1 Å². The smallest absolute Gasteiger partial charge is 0.417 e. The zero-order valence-electron chi connectivity index (χ0n) is 18.1. The summed E-state index contributed by atoms with van der Waals surface area (Å²) in [5.74, 6) is -0.637. The lowest BCUT2D eigenvalue weighted by molar-refractivity contribution is -0.137. The molecule has 9 heteroatoms. The summed E-state index contributed by atoms with van der Waals surface area (Å²) in [4.78, 5) is 26.4. The number of halogens is 3. The van der Waals surface area contributed by atoms with Crippen molar-refractivity contribution in [3.63, 3.8) is 0 Å². The number of hydrogen-bond donors (Lipinski definition) is 2. The molecule has 1 unspecified atom stereocenters. The van der Waals surface area contributed by atoms with E-state index in [2.05, 4.69) is 5.32 Å². The molecule has 3 aromatic carbocycles. The maximum atomic E-state index is 13.8. The van der Waals surface area contributed by atoms with E-state index in [9.17, 15) is 27.9 Å². The van der Waals surface area contributed by atoms with Crippen LogP contribution in [-0.4, -0.2) is 35.7 Å². The summed E-state index contributed by atoms with van der Waals surface area (Å²) in [6.45, 7) is 0.166. The normalized spacial score (nSPS) is 15.4. The maximum Gasteiger partial charge on any atom is 0.417 e. The Morgan fingerprint density at radius 3 is 2.44 bits per heavy atom. The predicted molar refractivity (Wildman–Crippen MR) is 119 cm³/mol. The number of alkyl halides is 3. The number of rotatable bonds is 4. The van der Waals surface area contributed by atoms with Crippen LogP contribution < -0.4 is 10.1 Å². The molecule has 4 rings (SSSR count). The van der Waals surface area contributed by atoms with Crippen LogP contribution in [0, 0.1) is 0 Å². The van der Waals surface area contributed by atoms with Crippen molar-refractivity contribution in [1.29, 1.82) is 0 Å². The molecular formula is C25H21F3N2O4. The third-order valence-electron chi connectivity index (χ3n) is 5.79. The molecule has 6 nitrogen and oxygen atoms in total. The lowest BCUT2D eigenvalue weighted by Gasteiger charge is -2.35. The van der Waals surface area contributed by atoms with E-state index in [4.69, 9.17) is 4.74 Å². The second kappa shape index (κ2) is 9.09. The monoisotopic (exact) mass is 470 g/mol. The van der Waals surface area contributed by atoms with E-state index < -0.39 is 29.9 Å². The molecule has 0 aromatic heterocycles. The molecule has 1 aliphatic heterocycles. The summed E-state index contributed by atoms with van der Waals surface area (Å²) >= 11 is 0. The highest BCUT2D eigenvalue weighted by Gasteiger charge is 2.36. The van der Waals surface area contributed by atoms with E-state index >= 15 is 0 Å². The van der Waals surface area contributed by atoms with Gasteiger partial charge in [-0.25, -0.2) is 4.79 Å². The number of amides is 2. The van der Waals surface area contributed by atoms with Gasteiger partial charge >= 0.3 is 12.3 Å². The van der Waals surface area contributed by atoms with Crippen molar-refractivity contribution in [2.75, 3.05) is 13.7 Å². The minimum Gasteiger partial charge on any atom is -0.496 e. The summed E-state index contributed by atoms with van der Waals surface area (Å²) in [7, 11) is 1.31. The molecule has 0 bridgehead atoms. The summed E-state index contributed by atoms with van der Waals surface area (Å²) in [5.41, 5.74) is 0.287. The van der Waals surface area contributed by atoms with E-state index in [1.165, 1.54) is 43.5 Å². The Morgan fingerprint density at radius 1 is 1.03 bits per heavy atom. The number of nitrogens with one attached hydrogen (secondary N) is 1. The van der Waals surface area contributed by atoms with E-state index in [1.807, 2.05) is 12.1 Å². The molecule has 2 amide bonds. The standard InChI is InChI=1S/C25H21F3N2O4/c1-34-20-12-6-10-18(21(20)17-9-4-5-11-19(17)25(26,27)28)23(31)29-22-16-8-3-2-7-15(16)13-14-30(22)24(32)33/h2-12,22H,13-14H2,1H3,(H,29,31)(H,32,33). The number of fused-ring (bicyclic) bond motifs is 1. The predicted octanol–water partition coefficient (Wildman–Crippen LogP) is 5.35. The fraction of sp³-hybridized carbons (Fsp3) is 0.200. The first-order valence-electron chi connectivity index (χ1n) is 10.4. The highest BCUT2D eigenvalue weighted by molar-refractivity contribution is 6.03. The van der Waals surface area contributed by atoms with Crippen molar-refractivity contribution in [2.24, 2.45) is 0 Å². The Balaban J connectivity index is 1.81. The van der Waals surface area contributed by atoms with Gasteiger partial charge in [0.2, 0.25) is 0 Å². The first-order valence-corrected chi connectivity index (χ1v) is 10.4. The van der Waals surface area contributed by atoms with Gasteiger partial charge in [0.25, 0.3) is 5.91 Å². The van der Waals surface area contributed by atoms with Crippen LogP contribution in [0.15, 0.2) is 66.7 Å². The van der Waals surface area contributed by atoms with Crippen molar-refractivity contribution in [1.82, 2.24) is 10.2 Å². The molecule has 0 aliphatic carbocycles. The van der Waals surface area contributed by atoms with Gasteiger partial charge in [-0.1, -0.05) is 48.5 Å². The second-order valence-electron chi connectivity index (χ2n) is 7.73. The quantitative estimate of drug-likeness (QED) is 0.539. The molecule has 2 N–H and O–H groups in total. The molecule has 0 spiro atoms. The van der Waals surface area contributed by atoms with Crippen LogP contribution >= 0.6 is 0 Å². The van der Waals surface area contributed by atoms with Crippen molar-refractivity contribution in [3.8, 4) is 16.9 Å². The van der Waals surface area contributed by atoms with Crippen LogP contribution in [0.1, 0.15) is 33.2 Å². The molecule has 3 aromatic rings. The van der Waals surface area contributed by atoms with E-state index in [0.717, 1.165) is 16.5 Å². The number of benzene rings is 3. The number of hydrogen-bond acceptors (Lipinski definition) is 3. The van der Waals surface area contributed by atoms with Crippen LogP contribution in [0.25, 0.3) is 11.1 Å². The number of nitrogens with zero attached hydrogens (tertiary/aromatic N) is 1. The number of methoxy groups -OCH3 is 1. The molecule has 0 fully saturated rings. The van der Waals surface area contributed by atoms with Crippen molar-refractivity contribution < 1.29 is 32.6 Å². The van der Waals surface area contributed by atoms with E-state index in [-0.39, 0.29) is 29.0 Å². The molecule has 0 saturated heterocycles. The van der Waals surface area contributed by atoms with Gasteiger partial charge in [0.05, 0.1) is 18.2 Å². The van der Waals surface area contributed by atoms with E-state index in [0.29, 0.717) is 12.0 Å².